The molecule has 0 bridgehead atoms. The standard InChI is InChI=1S/C20H21N3O5S2/c1-28-17-9-7-15(8-10-17)19-13-20(22-30(26,27)18-5-3-2-4-6-18)23(21-19)16-11-12-29(24,25)14-16/h2-10,13,16,22H,11-12,14H2,1H3/t16-/m0/s1. The number of ether oxygens (including phenoxy) is 1. The highest BCUT2D eigenvalue weighted by molar-refractivity contribution is 7.92. The smallest absolute Gasteiger partial charge is 0.263 e. The van der Waals surface area contributed by atoms with Crippen molar-refractivity contribution < 1.29 is 21.6 Å². The van der Waals surface area contributed by atoms with Gasteiger partial charge in [0.05, 0.1) is 35.2 Å². The van der Waals surface area contributed by atoms with Gasteiger partial charge in [-0.2, -0.15) is 5.10 Å². The molecule has 0 unspecified atom stereocenters. The number of sulfonamides is 1. The molecule has 1 aliphatic heterocycles. The number of hydrogen-bond donors (Lipinski definition) is 1. The van der Waals surface area contributed by atoms with Crippen molar-refractivity contribution in [1.29, 1.82) is 0 Å². The van der Waals surface area contributed by atoms with Crippen molar-refractivity contribution in [2.24, 2.45) is 0 Å². The second-order valence-corrected chi connectivity index (χ2v) is 11.0. The van der Waals surface area contributed by atoms with Gasteiger partial charge in [0.25, 0.3) is 10.0 Å². The molecule has 0 spiro atoms. The number of nitrogens with zero attached hydrogens (tertiary/aromatic N) is 2. The second kappa shape index (κ2) is 7.77. The van der Waals surface area contributed by atoms with E-state index < -0.39 is 25.9 Å². The molecule has 8 nitrogen and oxygen atoms in total. The molecule has 158 valence electrons. The quantitative estimate of drug-likeness (QED) is 0.623. The molecule has 1 fully saturated rings. The molecule has 1 saturated heterocycles. The summed E-state index contributed by atoms with van der Waals surface area (Å²) in [5.41, 5.74) is 1.29. The highest BCUT2D eigenvalue weighted by atomic mass is 32.2. The van der Waals surface area contributed by atoms with Crippen LogP contribution in [0.15, 0.2) is 65.6 Å². The van der Waals surface area contributed by atoms with Crippen LogP contribution in [-0.2, 0) is 19.9 Å². The maximum absolute atomic E-state index is 12.8. The highest BCUT2D eigenvalue weighted by Gasteiger charge is 2.32. The van der Waals surface area contributed by atoms with Crippen molar-refractivity contribution in [3.63, 3.8) is 0 Å². The Labute approximate surface area is 175 Å². The number of sulfone groups is 1. The van der Waals surface area contributed by atoms with E-state index in [1.54, 1.807) is 43.5 Å². The number of benzene rings is 2. The molecule has 1 aliphatic rings. The van der Waals surface area contributed by atoms with E-state index in [9.17, 15) is 16.8 Å². The number of anilines is 1. The van der Waals surface area contributed by atoms with E-state index in [4.69, 9.17) is 4.74 Å². The van der Waals surface area contributed by atoms with Crippen LogP contribution in [0.2, 0.25) is 0 Å². The molecule has 0 amide bonds. The van der Waals surface area contributed by atoms with E-state index in [0.717, 1.165) is 5.56 Å². The third-order valence-electron chi connectivity index (χ3n) is 4.97. The van der Waals surface area contributed by atoms with Crippen molar-refractivity contribution in [3.05, 3.63) is 60.7 Å². The second-order valence-electron chi connectivity index (χ2n) is 7.06. The molecule has 0 saturated carbocycles. The van der Waals surface area contributed by atoms with Crippen molar-refractivity contribution in [3.8, 4) is 17.0 Å². The predicted molar refractivity (Wildman–Crippen MR) is 114 cm³/mol. The van der Waals surface area contributed by atoms with Crippen LogP contribution >= 0.6 is 0 Å². The molecule has 2 heterocycles. The number of methoxy groups -OCH3 is 1. The average Bonchev–Trinajstić information content (AvgIpc) is 3.31. The first-order valence-electron chi connectivity index (χ1n) is 9.30. The summed E-state index contributed by atoms with van der Waals surface area (Å²) in [5, 5.41) is 4.55. The van der Waals surface area contributed by atoms with Crippen molar-refractivity contribution in [2.45, 2.75) is 17.4 Å². The fraction of sp³-hybridized carbons (Fsp3) is 0.250. The van der Waals surface area contributed by atoms with Crippen molar-refractivity contribution >= 4 is 25.7 Å². The molecule has 4 rings (SSSR count). The zero-order valence-corrected chi connectivity index (χ0v) is 17.9. The Kier molecular flexibility index (Phi) is 5.29. The first kappa shape index (κ1) is 20.4. The summed E-state index contributed by atoms with van der Waals surface area (Å²) >= 11 is 0. The van der Waals surface area contributed by atoms with Crippen LogP contribution < -0.4 is 9.46 Å². The summed E-state index contributed by atoms with van der Waals surface area (Å²) in [4.78, 5) is 0.114. The minimum atomic E-state index is -3.85. The summed E-state index contributed by atoms with van der Waals surface area (Å²) in [6.07, 6.45) is 0.381. The Hall–Kier alpha value is -2.85. The molecule has 10 heteroatoms. The van der Waals surface area contributed by atoms with Gasteiger partial charge >= 0.3 is 0 Å². The van der Waals surface area contributed by atoms with Gasteiger partial charge in [-0.15, -0.1) is 0 Å². The average molecular weight is 448 g/mol. The van der Waals surface area contributed by atoms with Crippen LogP contribution in [0, 0.1) is 0 Å². The topological polar surface area (TPSA) is 107 Å². The Morgan fingerprint density at radius 3 is 2.40 bits per heavy atom. The predicted octanol–water partition coefficient (Wildman–Crippen LogP) is 2.72. The van der Waals surface area contributed by atoms with Gasteiger partial charge < -0.3 is 4.74 Å². The maximum atomic E-state index is 12.8. The molecule has 3 aromatic rings. The van der Waals surface area contributed by atoms with Crippen molar-refractivity contribution in [2.75, 3.05) is 23.3 Å². The number of nitrogens with one attached hydrogen (secondary N) is 1. The van der Waals surface area contributed by atoms with Crippen LogP contribution in [0.4, 0.5) is 5.82 Å². The molecule has 1 atom stereocenters. The van der Waals surface area contributed by atoms with Gasteiger partial charge in [-0.3, -0.25) is 4.72 Å². The first-order valence-corrected chi connectivity index (χ1v) is 12.6. The summed E-state index contributed by atoms with van der Waals surface area (Å²) in [6.45, 7) is 0. The van der Waals surface area contributed by atoms with E-state index in [2.05, 4.69) is 9.82 Å². The molecule has 1 N–H and O–H groups in total. The van der Waals surface area contributed by atoms with Crippen LogP contribution in [0.3, 0.4) is 0 Å². The zero-order valence-electron chi connectivity index (χ0n) is 16.2. The summed E-state index contributed by atoms with van der Waals surface area (Å²) in [7, 11) is -5.46. The van der Waals surface area contributed by atoms with Gasteiger partial charge in [-0.05, 0) is 42.8 Å². The SMILES string of the molecule is COc1ccc(-c2cc(NS(=O)(=O)c3ccccc3)n([C@H]3CCS(=O)(=O)C3)n2)cc1. The molecule has 2 aromatic carbocycles. The monoisotopic (exact) mass is 447 g/mol. The zero-order chi connectivity index (χ0) is 21.4. The number of aromatic nitrogens is 2. The van der Waals surface area contributed by atoms with Gasteiger partial charge in [-0.1, -0.05) is 18.2 Å². The summed E-state index contributed by atoms with van der Waals surface area (Å²) in [6, 6.07) is 16.4. The van der Waals surface area contributed by atoms with Crippen LogP contribution in [0.25, 0.3) is 11.3 Å². The fourth-order valence-corrected chi connectivity index (χ4v) is 6.17. The molecule has 30 heavy (non-hydrogen) atoms. The molecular weight excluding hydrogens is 426 g/mol. The third-order valence-corrected chi connectivity index (χ3v) is 8.09. The fourth-order valence-electron chi connectivity index (χ4n) is 3.42. The largest absolute Gasteiger partial charge is 0.497 e. The minimum absolute atomic E-state index is 0.0558. The van der Waals surface area contributed by atoms with E-state index >= 15 is 0 Å². The first-order chi connectivity index (χ1) is 14.3. The normalized spacial score (nSPS) is 18.2. The maximum Gasteiger partial charge on any atom is 0.263 e. The lowest BCUT2D eigenvalue weighted by Gasteiger charge is -2.14. The van der Waals surface area contributed by atoms with Crippen LogP contribution in [-0.4, -0.2) is 45.2 Å². The van der Waals surface area contributed by atoms with Gasteiger partial charge in [0.2, 0.25) is 0 Å². The van der Waals surface area contributed by atoms with Crippen LogP contribution in [0.1, 0.15) is 12.5 Å². The lowest BCUT2D eigenvalue weighted by molar-refractivity contribution is 0.415. The van der Waals surface area contributed by atoms with Gasteiger partial charge in [0.15, 0.2) is 9.84 Å². The summed E-state index contributed by atoms with van der Waals surface area (Å²) < 4.78 is 58.9. The lowest BCUT2D eigenvalue weighted by Crippen LogP contribution is -2.19. The van der Waals surface area contributed by atoms with E-state index in [1.807, 2.05) is 12.1 Å². The highest BCUT2D eigenvalue weighted by Crippen LogP contribution is 2.32. The molecule has 1 aromatic heterocycles. The van der Waals surface area contributed by atoms with Gasteiger partial charge in [-0.25, -0.2) is 21.5 Å². The van der Waals surface area contributed by atoms with E-state index in [-0.39, 0.29) is 22.2 Å². The Morgan fingerprint density at radius 2 is 1.80 bits per heavy atom. The van der Waals surface area contributed by atoms with Crippen LogP contribution in [0.5, 0.6) is 5.75 Å². The number of rotatable bonds is 6. The Bertz CT molecular complexity index is 1250. The molecule has 0 radical (unpaired) electrons. The minimum Gasteiger partial charge on any atom is -0.497 e. The van der Waals surface area contributed by atoms with E-state index in [0.29, 0.717) is 17.9 Å². The third kappa shape index (κ3) is 4.19. The van der Waals surface area contributed by atoms with Crippen molar-refractivity contribution in [1.82, 2.24) is 9.78 Å². The summed E-state index contributed by atoms with van der Waals surface area (Å²) in [5.74, 6) is 0.897. The van der Waals surface area contributed by atoms with E-state index in [1.165, 1.54) is 16.8 Å². The van der Waals surface area contributed by atoms with Gasteiger partial charge in [0.1, 0.15) is 11.6 Å². The molecule has 0 aliphatic carbocycles. The lowest BCUT2D eigenvalue weighted by atomic mass is 10.1. The number of hydrogen-bond acceptors (Lipinski definition) is 6. The molecular formula is C20H21N3O5S2. The Morgan fingerprint density at radius 1 is 1.10 bits per heavy atom. The van der Waals surface area contributed by atoms with Gasteiger partial charge in [0, 0.05) is 11.6 Å². The Balaban J connectivity index is 1.74.